The van der Waals surface area contributed by atoms with Crippen molar-refractivity contribution in [1.82, 2.24) is 5.43 Å². The smallest absolute Gasteiger partial charge is 0.264 e. The first-order valence-corrected chi connectivity index (χ1v) is 11.4. The maximum absolute atomic E-state index is 14.4. The first kappa shape index (κ1) is 22.6. The normalized spacial score (nSPS) is 11.8. The van der Waals surface area contributed by atoms with Gasteiger partial charge in [-0.3, -0.25) is 9.10 Å². The zero-order chi connectivity index (χ0) is 22.4. The summed E-state index contributed by atoms with van der Waals surface area (Å²) >= 11 is 3.35. The van der Waals surface area contributed by atoms with E-state index in [1.807, 2.05) is 24.3 Å². The fraction of sp³-hybridized carbons (Fsp3) is 0.0909. The Bertz CT molecular complexity index is 1200. The van der Waals surface area contributed by atoms with E-state index >= 15 is 0 Å². The van der Waals surface area contributed by atoms with Crippen LogP contribution in [-0.4, -0.2) is 26.6 Å². The third-order valence-electron chi connectivity index (χ3n) is 4.35. The Hall–Kier alpha value is -3.04. The quantitative estimate of drug-likeness (QED) is 0.385. The number of carbonyl (C=O) groups is 1. The monoisotopic (exact) mass is 503 g/mol. The maximum atomic E-state index is 14.4. The number of carbonyl (C=O) groups excluding carboxylic acids is 1. The second-order valence-electron chi connectivity index (χ2n) is 6.52. The Morgan fingerprint density at radius 2 is 1.61 bits per heavy atom. The lowest BCUT2D eigenvalue weighted by Gasteiger charge is -2.24. The molecule has 0 aliphatic rings. The minimum absolute atomic E-state index is 0.0550. The lowest BCUT2D eigenvalue weighted by Crippen LogP contribution is -2.40. The predicted octanol–water partition coefficient (Wildman–Crippen LogP) is 4.32. The Morgan fingerprint density at radius 1 is 1.00 bits per heavy atom. The summed E-state index contributed by atoms with van der Waals surface area (Å²) in [6, 6.07) is 20.2. The van der Waals surface area contributed by atoms with E-state index in [9.17, 15) is 17.6 Å². The SMILES string of the molecule is C/C(=N/NC(=O)CN(c1ccccc1F)S(=O)(=O)c1ccccc1)c1ccc(Br)cc1. The van der Waals surface area contributed by atoms with Crippen LogP contribution in [0.3, 0.4) is 0 Å². The van der Waals surface area contributed by atoms with Crippen molar-refractivity contribution in [2.45, 2.75) is 11.8 Å². The largest absolute Gasteiger partial charge is 0.271 e. The van der Waals surface area contributed by atoms with E-state index in [4.69, 9.17) is 0 Å². The third-order valence-corrected chi connectivity index (χ3v) is 6.65. The predicted molar refractivity (Wildman–Crippen MR) is 122 cm³/mol. The molecule has 0 bridgehead atoms. The van der Waals surface area contributed by atoms with Crippen LogP contribution in [0.1, 0.15) is 12.5 Å². The van der Waals surface area contributed by atoms with Crippen molar-refractivity contribution in [3.05, 3.63) is 94.7 Å². The molecule has 0 radical (unpaired) electrons. The molecular weight excluding hydrogens is 485 g/mol. The summed E-state index contributed by atoms with van der Waals surface area (Å²) in [7, 11) is -4.19. The summed E-state index contributed by atoms with van der Waals surface area (Å²) in [4.78, 5) is 12.5. The van der Waals surface area contributed by atoms with Crippen molar-refractivity contribution in [2.24, 2.45) is 5.10 Å². The molecule has 9 heteroatoms. The molecule has 0 saturated carbocycles. The minimum Gasteiger partial charge on any atom is -0.271 e. The van der Waals surface area contributed by atoms with Crippen molar-refractivity contribution >= 4 is 43.3 Å². The number of benzene rings is 3. The average Bonchev–Trinajstić information content (AvgIpc) is 2.77. The molecule has 0 aliphatic heterocycles. The topological polar surface area (TPSA) is 78.8 Å². The highest BCUT2D eigenvalue weighted by molar-refractivity contribution is 9.10. The molecule has 0 atom stereocenters. The van der Waals surface area contributed by atoms with Crippen LogP contribution < -0.4 is 9.73 Å². The van der Waals surface area contributed by atoms with Crippen LogP contribution in [0, 0.1) is 5.82 Å². The van der Waals surface area contributed by atoms with Crippen LogP contribution >= 0.6 is 15.9 Å². The van der Waals surface area contributed by atoms with Crippen LogP contribution in [0.15, 0.2) is 93.3 Å². The van der Waals surface area contributed by atoms with Crippen LogP contribution in [0.2, 0.25) is 0 Å². The molecular formula is C22H19BrFN3O3S. The Balaban J connectivity index is 1.87. The molecule has 0 aliphatic carbocycles. The van der Waals surface area contributed by atoms with Crippen molar-refractivity contribution in [3.8, 4) is 0 Å². The van der Waals surface area contributed by atoms with E-state index in [2.05, 4.69) is 26.5 Å². The zero-order valence-electron chi connectivity index (χ0n) is 16.5. The first-order valence-electron chi connectivity index (χ1n) is 9.20. The fourth-order valence-electron chi connectivity index (χ4n) is 2.74. The van der Waals surface area contributed by atoms with E-state index in [0.717, 1.165) is 20.4 Å². The summed E-state index contributed by atoms with van der Waals surface area (Å²) in [6.07, 6.45) is 0. The molecule has 1 N–H and O–H groups in total. The number of anilines is 1. The van der Waals surface area contributed by atoms with E-state index in [1.54, 1.807) is 25.1 Å². The fourth-order valence-corrected chi connectivity index (χ4v) is 4.46. The molecule has 1 amide bonds. The number of nitrogens with zero attached hydrogens (tertiary/aromatic N) is 2. The number of halogens is 2. The van der Waals surface area contributed by atoms with Gasteiger partial charge in [-0.1, -0.05) is 58.4 Å². The lowest BCUT2D eigenvalue weighted by atomic mass is 10.1. The lowest BCUT2D eigenvalue weighted by molar-refractivity contribution is -0.119. The van der Waals surface area contributed by atoms with Crippen molar-refractivity contribution in [3.63, 3.8) is 0 Å². The van der Waals surface area contributed by atoms with Crippen LogP contribution in [-0.2, 0) is 14.8 Å². The highest BCUT2D eigenvalue weighted by Crippen LogP contribution is 2.25. The van der Waals surface area contributed by atoms with Gasteiger partial charge >= 0.3 is 0 Å². The molecule has 6 nitrogen and oxygen atoms in total. The van der Waals surface area contributed by atoms with Gasteiger partial charge in [-0.15, -0.1) is 0 Å². The second kappa shape index (κ2) is 9.84. The molecule has 0 aromatic heterocycles. The summed E-state index contributed by atoms with van der Waals surface area (Å²) < 4.78 is 42.4. The molecule has 0 unspecified atom stereocenters. The van der Waals surface area contributed by atoms with Gasteiger partial charge in [0, 0.05) is 4.47 Å². The molecule has 0 fully saturated rings. The molecule has 0 heterocycles. The summed E-state index contributed by atoms with van der Waals surface area (Å²) in [5.74, 6) is -1.47. The Kier molecular flexibility index (Phi) is 7.19. The van der Waals surface area contributed by atoms with Gasteiger partial charge in [0.25, 0.3) is 15.9 Å². The molecule has 3 rings (SSSR count). The Morgan fingerprint density at radius 3 is 2.26 bits per heavy atom. The maximum Gasteiger partial charge on any atom is 0.264 e. The van der Waals surface area contributed by atoms with Gasteiger partial charge in [0.15, 0.2) is 0 Å². The van der Waals surface area contributed by atoms with Crippen LogP contribution in [0.4, 0.5) is 10.1 Å². The van der Waals surface area contributed by atoms with Crippen molar-refractivity contribution in [1.29, 1.82) is 0 Å². The van der Waals surface area contributed by atoms with Gasteiger partial charge in [0.05, 0.1) is 16.3 Å². The standard InChI is InChI=1S/C22H19BrFN3O3S/c1-16(17-11-13-18(23)14-12-17)25-26-22(28)15-27(21-10-6-5-9-20(21)24)31(29,30)19-7-3-2-4-8-19/h2-14H,15H2,1H3,(H,26,28)/b25-16-. The van der Waals surface area contributed by atoms with Crippen molar-refractivity contribution in [2.75, 3.05) is 10.8 Å². The number of hydrogen-bond acceptors (Lipinski definition) is 4. The second-order valence-corrected chi connectivity index (χ2v) is 9.29. The molecule has 0 spiro atoms. The van der Waals surface area contributed by atoms with E-state index in [0.29, 0.717) is 5.71 Å². The molecule has 3 aromatic carbocycles. The number of para-hydroxylation sites is 1. The summed E-state index contributed by atoms with van der Waals surface area (Å²) in [5.41, 5.74) is 3.44. The number of nitrogens with one attached hydrogen (secondary N) is 1. The Labute approximate surface area is 188 Å². The van der Waals surface area contributed by atoms with Gasteiger partial charge in [0.2, 0.25) is 0 Å². The summed E-state index contributed by atoms with van der Waals surface area (Å²) in [5, 5.41) is 4.03. The highest BCUT2D eigenvalue weighted by atomic mass is 79.9. The number of hydrogen-bond donors (Lipinski definition) is 1. The van der Waals surface area contributed by atoms with Gasteiger partial charge in [-0.2, -0.15) is 5.10 Å². The number of rotatable bonds is 7. The molecule has 31 heavy (non-hydrogen) atoms. The molecule has 160 valence electrons. The van der Waals surface area contributed by atoms with Crippen LogP contribution in [0.25, 0.3) is 0 Å². The average molecular weight is 504 g/mol. The number of amides is 1. The van der Waals surface area contributed by atoms with E-state index in [1.165, 1.54) is 30.3 Å². The number of sulfonamides is 1. The van der Waals surface area contributed by atoms with E-state index in [-0.39, 0.29) is 10.6 Å². The first-order chi connectivity index (χ1) is 14.8. The summed E-state index contributed by atoms with van der Waals surface area (Å²) in [6.45, 7) is 1.06. The van der Waals surface area contributed by atoms with Crippen molar-refractivity contribution < 1.29 is 17.6 Å². The van der Waals surface area contributed by atoms with Gasteiger partial charge < -0.3 is 0 Å². The van der Waals surface area contributed by atoms with Gasteiger partial charge in [0.1, 0.15) is 12.4 Å². The minimum atomic E-state index is -4.19. The van der Waals surface area contributed by atoms with Gasteiger partial charge in [-0.25, -0.2) is 18.2 Å². The molecule has 3 aromatic rings. The number of hydrazone groups is 1. The zero-order valence-corrected chi connectivity index (χ0v) is 18.9. The van der Waals surface area contributed by atoms with Gasteiger partial charge in [-0.05, 0) is 48.9 Å². The molecule has 0 saturated heterocycles. The van der Waals surface area contributed by atoms with E-state index < -0.39 is 28.3 Å². The van der Waals surface area contributed by atoms with Crippen LogP contribution in [0.5, 0.6) is 0 Å². The highest BCUT2D eigenvalue weighted by Gasteiger charge is 2.28. The third kappa shape index (κ3) is 5.56.